The topological polar surface area (TPSA) is 68.9 Å². The molecule has 6 heteroatoms. The van der Waals surface area contributed by atoms with Crippen LogP contribution in [0.3, 0.4) is 0 Å². The highest BCUT2D eigenvalue weighted by Gasteiger charge is 2.17. The number of nitrogens with zero attached hydrogens (tertiary/aromatic N) is 3. The lowest BCUT2D eigenvalue weighted by Gasteiger charge is -2.26. The molecule has 2 fully saturated rings. The minimum atomic E-state index is 0.458. The average molecular weight is 417 g/mol. The third-order valence-corrected chi connectivity index (χ3v) is 6.55. The van der Waals surface area contributed by atoms with Gasteiger partial charge in [-0.25, -0.2) is 0 Å². The molecule has 162 valence electrons. The van der Waals surface area contributed by atoms with Crippen molar-refractivity contribution in [3.8, 4) is 11.1 Å². The molecular formula is C25H32N6. The fourth-order valence-electron chi connectivity index (χ4n) is 4.81. The Morgan fingerprint density at radius 2 is 1.90 bits per heavy atom. The van der Waals surface area contributed by atoms with Gasteiger partial charge in [-0.2, -0.15) is 5.10 Å². The molecule has 0 unspecified atom stereocenters. The van der Waals surface area contributed by atoms with Crippen LogP contribution in [0.25, 0.3) is 27.7 Å². The molecule has 5 rings (SSSR count). The van der Waals surface area contributed by atoms with Crippen molar-refractivity contribution in [2.24, 2.45) is 0 Å². The number of rotatable bonds is 6. The maximum absolute atomic E-state index is 4.57. The Morgan fingerprint density at radius 3 is 2.74 bits per heavy atom. The summed E-state index contributed by atoms with van der Waals surface area (Å²) in [4.78, 5) is 7.08. The van der Waals surface area contributed by atoms with Crippen LogP contribution in [0.15, 0.2) is 43.2 Å². The monoisotopic (exact) mass is 416 g/mol. The highest BCUT2D eigenvalue weighted by atomic mass is 15.1. The zero-order valence-electron chi connectivity index (χ0n) is 18.2. The zero-order valence-corrected chi connectivity index (χ0v) is 18.2. The van der Waals surface area contributed by atoms with Crippen LogP contribution in [0.1, 0.15) is 43.4 Å². The van der Waals surface area contributed by atoms with Gasteiger partial charge in [-0.1, -0.05) is 19.1 Å². The Labute approximate surface area is 184 Å². The first-order chi connectivity index (χ1) is 15.3. The van der Waals surface area contributed by atoms with E-state index in [-0.39, 0.29) is 0 Å². The minimum Gasteiger partial charge on any atom is -0.381 e. The number of fused-ring (bicyclic) bond motifs is 1. The minimum absolute atomic E-state index is 0.458. The molecule has 2 aliphatic rings. The maximum Gasteiger partial charge on any atom is 0.115 e. The number of pyridine rings is 1. The number of likely N-dealkylation sites (tertiary alicyclic amines) is 1. The van der Waals surface area contributed by atoms with Crippen LogP contribution in [0.4, 0.5) is 0 Å². The molecule has 1 aromatic carbocycles. The lowest BCUT2D eigenvalue weighted by Crippen LogP contribution is -2.39. The lowest BCUT2D eigenvalue weighted by molar-refractivity contribution is 0.220. The number of hydrogen-bond acceptors (Lipinski definition) is 5. The molecule has 3 N–H and O–H groups in total. The standard InChI is InChI=1S/C25H32N6/c1-18(28-22-7-9-26-10-8-22)25-23-14-20(5-6-24(23)29-30-25)21-13-19(15-27-16-21)17-31-11-3-2-4-12-31/h5-6,13-16,22,26,28H,1-4,7-12,17H2,(H,29,30). The van der Waals surface area contributed by atoms with Gasteiger partial charge < -0.3 is 10.6 Å². The van der Waals surface area contributed by atoms with E-state index in [1.165, 1.54) is 37.9 Å². The third kappa shape index (κ3) is 4.65. The predicted octanol–water partition coefficient (Wildman–Crippen LogP) is 3.92. The van der Waals surface area contributed by atoms with E-state index in [1.807, 2.05) is 12.4 Å². The molecule has 31 heavy (non-hydrogen) atoms. The second-order valence-corrected chi connectivity index (χ2v) is 8.90. The van der Waals surface area contributed by atoms with E-state index in [0.717, 1.165) is 65.9 Å². The predicted molar refractivity (Wildman–Crippen MR) is 127 cm³/mol. The maximum atomic E-state index is 4.57. The zero-order chi connectivity index (χ0) is 21.0. The number of benzene rings is 1. The summed E-state index contributed by atoms with van der Waals surface area (Å²) in [7, 11) is 0. The fourth-order valence-corrected chi connectivity index (χ4v) is 4.81. The molecule has 4 heterocycles. The van der Waals surface area contributed by atoms with Crippen molar-refractivity contribution in [2.75, 3.05) is 26.2 Å². The second kappa shape index (κ2) is 9.20. The Morgan fingerprint density at radius 1 is 1.06 bits per heavy atom. The summed E-state index contributed by atoms with van der Waals surface area (Å²) < 4.78 is 0. The molecule has 0 bridgehead atoms. The van der Waals surface area contributed by atoms with Crippen LogP contribution in [0.2, 0.25) is 0 Å². The van der Waals surface area contributed by atoms with Crippen LogP contribution in [-0.4, -0.2) is 52.3 Å². The molecule has 2 saturated heterocycles. The largest absolute Gasteiger partial charge is 0.381 e. The summed E-state index contributed by atoms with van der Waals surface area (Å²) in [5.74, 6) is 0. The van der Waals surface area contributed by atoms with E-state index in [9.17, 15) is 0 Å². The van der Waals surface area contributed by atoms with E-state index in [0.29, 0.717) is 6.04 Å². The van der Waals surface area contributed by atoms with Crippen molar-refractivity contribution in [2.45, 2.75) is 44.7 Å². The molecule has 0 amide bonds. The molecule has 0 spiro atoms. The first kappa shape index (κ1) is 20.2. The molecule has 0 radical (unpaired) electrons. The number of H-pyrrole nitrogens is 1. The third-order valence-electron chi connectivity index (χ3n) is 6.55. The van der Waals surface area contributed by atoms with E-state index < -0.39 is 0 Å². The van der Waals surface area contributed by atoms with Gasteiger partial charge >= 0.3 is 0 Å². The molecule has 0 aliphatic carbocycles. The SMILES string of the molecule is C=C(NC1CCNCC1)c1n[nH]c2ccc(-c3cncc(CN4CCCCC4)c3)cc12. The average Bonchev–Trinajstić information content (AvgIpc) is 3.24. The van der Waals surface area contributed by atoms with Crippen LogP contribution < -0.4 is 10.6 Å². The molecule has 0 atom stereocenters. The smallest absolute Gasteiger partial charge is 0.115 e. The van der Waals surface area contributed by atoms with E-state index in [1.54, 1.807) is 0 Å². The lowest BCUT2D eigenvalue weighted by atomic mass is 10.0. The van der Waals surface area contributed by atoms with Gasteiger partial charge in [0.2, 0.25) is 0 Å². The molecule has 2 aromatic heterocycles. The first-order valence-electron chi connectivity index (χ1n) is 11.6. The number of aromatic nitrogens is 3. The van der Waals surface area contributed by atoms with Crippen LogP contribution in [0.5, 0.6) is 0 Å². The van der Waals surface area contributed by atoms with Gasteiger partial charge in [0, 0.05) is 35.9 Å². The highest BCUT2D eigenvalue weighted by Crippen LogP contribution is 2.28. The fraction of sp³-hybridized carbons (Fsp3) is 0.440. The molecule has 2 aliphatic heterocycles. The number of hydrogen-bond donors (Lipinski definition) is 3. The summed E-state index contributed by atoms with van der Waals surface area (Å²) in [6, 6.07) is 9.21. The number of piperidine rings is 2. The van der Waals surface area contributed by atoms with Crippen molar-refractivity contribution in [3.63, 3.8) is 0 Å². The first-order valence-corrected chi connectivity index (χ1v) is 11.6. The van der Waals surface area contributed by atoms with E-state index in [4.69, 9.17) is 0 Å². The Kier molecular flexibility index (Phi) is 6.00. The summed E-state index contributed by atoms with van der Waals surface area (Å²) >= 11 is 0. The van der Waals surface area contributed by atoms with Crippen molar-refractivity contribution >= 4 is 16.6 Å². The van der Waals surface area contributed by atoms with Gasteiger partial charge in [0.25, 0.3) is 0 Å². The molecular weight excluding hydrogens is 384 g/mol. The quantitative estimate of drug-likeness (QED) is 0.568. The highest BCUT2D eigenvalue weighted by molar-refractivity contribution is 5.92. The Balaban J connectivity index is 1.37. The van der Waals surface area contributed by atoms with Crippen molar-refractivity contribution in [1.82, 2.24) is 30.7 Å². The Bertz CT molecular complexity index is 1040. The van der Waals surface area contributed by atoms with Crippen molar-refractivity contribution in [3.05, 3.63) is 54.5 Å². The van der Waals surface area contributed by atoms with Crippen LogP contribution >= 0.6 is 0 Å². The van der Waals surface area contributed by atoms with Gasteiger partial charge in [0.05, 0.1) is 11.2 Å². The van der Waals surface area contributed by atoms with Crippen molar-refractivity contribution in [1.29, 1.82) is 0 Å². The van der Waals surface area contributed by atoms with Gasteiger partial charge in [-0.05, 0) is 81.2 Å². The summed E-state index contributed by atoms with van der Waals surface area (Å²) in [5, 5.41) is 15.8. The second-order valence-electron chi connectivity index (χ2n) is 8.90. The number of nitrogens with one attached hydrogen (secondary N) is 3. The van der Waals surface area contributed by atoms with E-state index >= 15 is 0 Å². The van der Waals surface area contributed by atoms with Gasteiger partial charge in [-0.3, -0.25) is 15.0 Å². The van der Waals surface area contributed by atoms with Gasteiger partial charge in [0.1, 0.15) is 5.69 Å². The van der Waals surface area contributed by atoms with Crippen LogP contribution in [0, 0.1) is 0 Å². The number of aromatic amines is 1. The molecule has 6 nitrogen and oxygen atoms in total. The van der Waals surface area contributed by atoms with Gasteiger partial charge in [-0.15, -0.1) is 0 Å². The molecule has 0 saturated carbocycles. The van der Waals surface area contributed by atoms with Gasteiger partial charge in [0.15, 0.2) is 0 Å². The summed E-state index contributed by atoms with van der Waals surface area (Å²) in [6.07, 6.45) is 10.2. The van der Waals surface area contributed by atoms with E-state index in [2.05, 4.69) is 61.6 Å². The molecule has 3 aromatic rings. The van der Waals surface area contributed by atoms with Crippen molar-refractivity contribution < 1.29 is 0 Å². The summed E-state index contributed by atoms with van der Waals surface area (Å²) in [5.41, 5.74) is 6.44. The normalized spacial score (nSPS) is 18.3. The summed E-state index contributed by atoms with van der Waals surface area (Å²) in [6.45, 7) is 9.77. The Hall–Kier alpha value is -2.70. The van der Waals surface area contributed by atoms with Crippen LogP contribution in [-0.2, 0) is 6.54 Å².